The van der Waals surface area contributed by atoms with E-state index in [1.54, 1.807) is 0 Å². The number of benzene rings is 4. The van der Waals surface area contributed by atoms with Gasteiger partial charge in [-0.15, -0.1) is 0 Å². The standard InChI is InChI=1S/C39H50N2/c1-4-7-8-11-35(30-16-18-32(19-17-30)39(10-6-3)34-22-26-37(41)27-23-34)28-29-12-14-31(15-13-29)38(9-5-2)33-20-24-36(40)25-21-33/h12-27,35,38-39H,4-11,28,40-41H2,1-3H3. The monoisotopic (exact) mass is 546 g/mol. The minimum absolute atomic E-state index is 0.415. The van der Waals surface area contributed by atoms with Crippen molar-refractivity contribution in [3.05, 3.63) is 130 Å². The molecule has 0 aliphatic heterocycles. The zero-order valence-corrected chi connectivity index (χ0v) is 25.5. The maximum atomic E-state index is 5.97. The van der Waals surface area contributed by atoms with E-state index in [0.717, 1.165) is 43.5 Å². The Morgan fingerprint density at radius 2 is 0.829 bits per heavy atom. The molecule has 0 spiro atoms. The van der Waals surface area contributed by atoms with Gasteiger partial charge in [0.15, 0.2) is 0 Å². The van der Waals surface area contributed by atoms with Crippen molar-refractivity contribution in [2.75, 3.05) is 11.5 Å². The van der Waals surface area contributed by atoms with Crippen molar-refractivity contribution in [3.63, 3.8) is 0 Å². The van der Waals surface area contributed by atoms with Crippen molar-refractivity contribution < 1.29 is 0 Å². The summed E-state index contributed by atoms with van der Waals surface area (Å²) >= 11 is 0. The van der Waals surface area contributed by atoms with Crippen LogP contribution in [-0.2, 0) is 6.42 Å². The van der Waals surface area contributed by atoms with Gasteiger partial charge in [-0.05, 0) is 89.2 Å². The third-order valence-electron chi connectivity index (χ3n) is 8.66. The van der Waals surface area contributed by atoms with Gasteiger partial charge in [0.05, 0.1) is 0 Å². The first-order chi connectivity index (χ1) is 20.0. The van der Waals surface area contributed by atoms with Crippen LogP contribution in [0.15, 0.2) is 97.1 Å². The number of nitrogens with two attached hydrogens (primary N) is 2. The number of hydrogen-bond acceptors (Lipinski definition) is 2. The van der Waals surface area contributed by atoms with Crippen LogP contribution in [0.2, 0.25) is 0 Å². The zero-order valence-electron chi connectivity index (χ0n) is 25.5. The molecule has 4 rings (SSSR count). The number of anilines is 2. The molecule has 3 unspecified atom stereocenters. The molecular formula is C39H50N2. The number of nitrogen functional groups attached to an aromatic ring is 2. The van der Waals surface area contributed by atoms with Gasteiger partial charge in [-0.25, -0.2) is 0 Å². The maximum absolute atomic E-state index is 5.97. The lowest BCUT2D eigenvalue weighted by Gasteiger charge is -2.22. The van der Waals surface area contributed by atoms with Gasteiger partial charge in [0, 0.05) is 23.2 Å². The Bertz CT molecular complexity index is 1290. The number of hydrogen-bond donors (Lipinski definition) is 2. The molecule has 4 aromatic carbocycles. The molecule has 2 nitrogen and oxygen atoms in total. The fourth-order valence-corrected chi connectivity index (χ4v) is 6.28. The molecule has 0 saturated heterocycles. The molecule has 2 heteroatoms. The molecule has 4 N–H and O–H groups in total. The van der Waals surface area contributed by atoms with Gasteiger partial charge >= 0.3 is 0 Å². The average Bonchev–Trinajstić information content (AvgIpc) is 3.00. The van der Waals surface area contributed by atoms with Gasteiger partial charge in [-0.1, -0.05) is 126 Å². The van der Waals surface area contributed by atoms with Crippen molar-refractivity contribution in [3.8, 4) is 0 Å². The Hall–Kier alpha value is -3.52. The molecule has 4 aromatic rings. The second kappa shape index (κ2) is 15.5. The van der Waals surface area contributed by atoms with Crippen LogP contribution in [0.25, 0.3) is 0 Å². The predicted octanol–water partition coefficient (Wildman–Crippen LogP) is 10.6. The van der Waals surface area contributed by atoms with Gasteiger partial charge in [0.2, 0.25) is 0 Å². The first-order valence-corrected chi connectivity index (χ1v) is 15.9. The van der Waals surface area contributed by atoms with Gasteiger partial charge in [0.25, 0.3) is 0 Å². The van der Waals surface area contributed by atoms with Crippen LogP contribution in [0.1, 0.15) is 123 Å². The van der Waals surface area contributed by atoms with E-state index >= 15 is 0 Å². The highest BCUT2D eigenvalue weighted by molar-refractivity contribution is 5.44. The Balaban J connectivity index is 1.53. The van der Waals surface area contributed by atoms with Crippen molar-refractivity contribution in [1.29, 1.82) is 0 Å². The van der Waals surface area contributed by atoms with Crippen LogP contribution >= 0.6 is 0 Å². The fraction of sp³-hybridized carbons (Fsp3) is 0.385. The van der Waals surface area contributed by atoms with Crippen LogP contribution < -0.4 is 11.5 Å². The molecule has 216 valence electrons. The van der Waals surface area contributed by atoms with Gasteiger partial charge in [-0.2, -0.15) is 0 Å². The average molecular weight is 547 g/mol. The summed E-state index contributed by atoms with van der Waals surface area (Å²) in [7, 11) is 0. The summed E-state index contributed by atoms with van der Waals surface area (Å²) in [6, 6.07) is 35.9. The molecule has 0 saturated carbocycles. The third kappa shape index (κ3) is 8.49. The molecular weight excluding hydrogens is 496 g/mol. The fourth-order valence-electron chi connectivity index (χ4n) is 6.28. The summed E-state index contributed by atoms with van der Waals surface area (Å²) in [6.07, 6.45) is 10.7. The lowest BCUT2D eigenvalue weighted by molar-refractivity contribution is 0.563. The second-order valence-electron chi connectivity index (χ2n) is 11.8. The maximum Gasteiger partial charge on any atom is 0.0314 e. The lowest BCUT2D eigenvalue weighted by atomic mass is 9.83. The third-order valence-corrected chi connectivity index (χ3v) is 8.66. The molecule has 3 atom stereocenters. The predicted molar refractivity (Wildman–Crippen MR) is 179 cm³/mol. The van der Waals surface area contributed by atoms with Crippen LogP contribution in [0.4, 0.5) is 11.4 Å². The molecule has 0 radical (unpaired) electrons. The molecule has 0 heterocycles. The summed E-state index contributed by atoms with van der Waals surface area (Å²) in [6.45, 7) is 6.83. The summed E-state index contributed by atoms with van der Waals surface area (Å²) in [4.78, 5) is 0. The molecule has 41 heavy (non-hydrogen) atoms. The number of unbranched alkanes of at least 4 members (excludes halogenated alkanes) is 2. The first kappa shape index (κ1) is 30.4. The largest absolute Gasteiger partial charge is 0.399 e. The minimum Gasteiger partial charge on any atom is -0.399 e. The second-order valence-corrected chi connectivity index (χ2v) is 11.8. The lowest BCUT2D eigenvalue weighted by Crippen LogP contribution is -2.06. The normalized spacial score (nSPS) is 13.5. The van der Waals surface area contributed by atoms with E-state index in [4.69, 9.17) is 11.5 Å². The summed E-state index contributed by atoms with van der Waals surface area (Å²) in [5.41, 5.74) is 22.0. The summed E-state index contributed by atoms with van der Waals surface area (Å²) in [5.74, 6) is 1.36. The number of rotatable bonds is 15. The molecule has 0 amide bonds. The minimum atomic E-state index is 0.415. The van der Waals surface area contributed by atoms with E-state index in [0.29, 0.717) is 17.8 Å². The highest BCUT2D eigenvalue weighted by atomic mass is 14.5. The van der Waals surface area contributed by atoms with Crippen molar-refractivity contribution >= 4 is 11.4 Å². The highest BCUT2D eigenvalue weighted by Crippen LogP contribution is 2.34. The SMILES string of the molecule is CCCCCC(Cc1ccc(C(CCC)c2ccc(N)cc2)cc1)c1ccc(C(CCC)c2ccc(N)cc2)cc1. The van der Waals surface area contributed by atoms with Gasteiger partial charge in [-0.3, -0.25) is 0 Å². The van der Waals surface area contributed by atoms with E-state index in [9.17, 15) is 0 Å². The van der Waals surface area contributed by atoms with Crippen LogP contribution in [-0.4, -0.2) is 0 Å². The quantitative estimate of drug-likeness (QED) is 0.115. The van der Waals surface area contributed by atoms with Crippen molar-refractivity contribution in [1.82, 2.24) is 0 Å². The Labute approximate surface area is 249 Å². The molecule has 0 fully saturated rings. The summed E-state index contributed by atoms with van der Waals surface area (Å²) in [5, 5.41) is 0. The Kier molecular flexibility index (Phi) is 11.5. The Morgan fingerprint density at radius 3 is 1.24 bits per heavy atom. The molecule has 0 aliphatic carbocycles. The van der Waals surface area contributed by atoms with Crippen LogP contribution in [0.3, 0.4) is 0 Å². The zero-order chi connectivity index (χ0) is 29.0. The topological polar surface area (TPSA) is 52.0 Å². The van der Waals surface area contributed by atoms with Gasteiger partial charge < -0.3 is 11.5 Å². The smallest absolute Gasteiger partial charge is 0.0314 e. The highest BCUT2D eigenvalue weighted by Gasteiger charge is 2.18. The molecule has 0 aliphatic rings. The van der Waals surface area contributed by atoms with E-state index in [1.165, 1.54) is 59.1 Å². The van der Waals surface area contributed by atoms with Crippen LogP contribution in [0.5, 0.6) is 0 Å². The molecule has 0 bridgehead atoms. The van der Waals surface area contributed by atoms with Gasteiger partial charge in [0.1, 0.15) is 0 Å². The summed E-state index contributed by atoms with van der Waals surface area (Å²) < 4.78 is 0. The van der Waals surface area contributed by atoms with E-state index < -0.39 is 0 Å². The van der Waals surface area contributed by atoms with E-state index in [1.807, 2.05) is 24.3 Å². The first-order valence-electron chi connectivity index (χ1n) is 15.9. The van der Waals surface area contributed by atoms with E-state index in [2.05, 4.69) is 93.6 Å². The Morgan fingerprint density at radius 1 is 0.439 bits per heavy atom. The van der Waals surface area contributed by atoms with E-state index in [-0.39, 0.29) is 0 Å². The van der Waals surface area contributed by atoms with Crippen molar-refractivity contribution in [2.24, 2.45) is 0 Å². The van der Waals surface area contributed by atoms with Crippen LogP contribution in [0, 0.1) is 0 Å². The van der Waals surface area contributed by atoms with Crippen molar-refractivity contribution in [2.45, 2.75) is 96.3 Å². The molecule has 0 aromatic heterocycles.